The van der Waals surface area contributed by atoms with Crippen LogP contribution in [-0.4, -0.2) is 90.3 Å². The molecule has 0 saturated carbocycles. The highest BCUT2D eigenvalue weighted by Gasteiger charge is 2.31. The number of aliphatic hydroxyl groups excluding tert-OH is 1. The minimum Gasteiger partial charge on any atom is -0.480 e. The number of carbonyl (C=O) groups is 4. The third kappa shape index (κ3) is 10.8. The molecule has 0 aromatic carbocycles. The predicted molar refractivity (Wildman–Crippen MR) is 124 cm³/mol. The number of nitrogens with one attached hydrogen (secondary N) is 4. The number of amides is 3. The lowest BCUT2D eigenvalue weighted by Crippen LogP contribution is -2.58. The van der Waals surface area contributed by atoms with Crippen molar-refractivity contribution in [2.45, 2.75) is 69.1 Å². The van der Waals surface area contributed by atoms with E-state index in [9.17, 15) is 29.4 Å². The molecule has 0 aliphatic carbocycles. The molecule has 14 nitrogen and oxygen atoms in total. The molecule has 12 N–H and O–H groups in total. The average Bonchev–Trinajstić information content (AvgIpc) is 3.33. The van der Waals surface area contributed by atoms with Crippen molar-refractivity contribution in [1.29, 1.82) is 0 Å². The van der Waals surface area contributed by atoms with E-state index in [-0.39, 0.29) is 31.3 Å². The van der Waals surface area contributed by atoms with Gasteiger partial charge >= 0.3 is 5.97 Å². The SMILES string of the molecule is NCCCCC(NC(=O)C1CCCN1)C(=O)NC(CO)C(=O)NC(CCCN=C(N)N)C(=O)O. The number of carbonyl (C=O) groups excluding carboxylic acids is 3. The highest BCUT2D eigenvalue weighted by Crippen LogP contribution is 2.08. The van der Waals surface area contributed by atoms with Crippen molar-refractivity contribution in [2.75, 3.05) is 26.2 Å². The fourth-order valence-electron chi connectivity index (χ4n) is 3.44. The highest BCUT2D eigenvalue weighted by atomic mass is 16.4. The molecular weight excluding hydrogens is 448 g/mol. The first-order chi connectivity index (χ1) is 16.2. The number of guanidine groups is 1. The van der Waals surface area contributed by atoms with Crippen LogP contribution in [0.5, 0.6) is 0 Å². The summed E-state index contributed by atoms with van der Waals surface area (Å²) in [5.41, 5.74) is 16.0. The smallest absolute Gasteiger partial charge is 0.326 e. The van der Waals surface area contributed by atoms with E-state index in [4.69, 9.17) is 17.2 Å². The number of nitrogens with zero attached hydrogens (tertiary/aromatic N) is 1. The van der Waals surface area contributed by atoms with Gasteiger partial charge < -0.3 is 48.7 Å². The topological polar surface area (TPSA) is 247 Å². The number of carboxylic acid groups (broad SMARTS) is 1. The zero-order valence-electron chi connectivity index (χ0n) is 19.3. The summed E-state index contributed by atoms with van der Waals surface area (Å²) in [4.78, 5) is 53.1. The van der Waals surface area contributed by atoms with Crippen molar-refractivity contribution in [2.24, 2.45) is 22.2 Å². The number of aliphatic carboxylic acids is 1. The first-order valence-electron chi connectivity index (χ1n) is 11.4. The number of aliphatic hydroxyl groups is 1. The second kappa shape index (κ2) is 15.8. The predicted octanol–water partition coefficient (Wildman–Crippen LogP) is -3.55. The number of hydrogen-bond donors (Lipinski definition) is 9. The molecule has 0 radical (unpaired) electrons. The molecule has 34 heavy (non-hydrogen) atoms. The first-order valence-corrected chi connectivity index (χ1v) is 11.4. The fraction of sp³-hybridized carbons (Fsp3) is 0.750. The Kier molecular flexibility index (Phi) is 13.5. The third-order valence-electron chi connectivity index (χ3n) is 5.33. The number of unbranched alkanes of at least 4 members (excludes halogenated alkanes) is 1. The van der Waals surface area contributed by atoms with Crippen LogP contribution in [0.4, 0.5) is 0 Å². The summed E-state index contributed by atoms with van der Waals surface area (Å²) >= 11 is 0. The maximum atomic E-state index is 12.8. The van der Waals surface area contributed by atoms with Crippen LogP contribution in [-0.2, 0) is 19.2 Å². The first kappa shape index (κ1) is 29.1. The lowest BCUT2D eigenvalue weighted by Gasteiger charge is -2.24. The van der Waals surface area contributed by atoms with Crippen LogP contribution >= 0.6 is 0 Å². The standard InChI is InChI=1S/C20H38N8O6/c21-8-2-1-5-13(26-16(30)12-6-3-9-24-12)17(31)28-15(11-29)18(32)27-14(19(33)34)7-4-10-25-20(22)23/h12-15,24,29H,1-11,21H2,(H,26,30)(H,27,32)(H,28,31)(H,33,34)(H4,22,23,25). The Morgan fingerprint density at radius 3 is 2.18 bits per heavy atom. The molecule has 14 heteroatoms. The van der Waals surface area contributed by atoms with Gasteiger partial charge in [-0.2, -0.15) is 0 Å². The summed E-state index contributed by atoms with van der Waals surface area (Å²) in [5, 5.41) is 29.5. The molecule has 0 aromatic rings. The van der Waals surface area contributed by atoms with Gasteiger partial charge in [0.1, 0.15) is 18.1 Å². The van der Waals surface area contributed by atoms with Crippen LogP contribution in [0.3, 0.4) is 0 Å². The van der Waals surface area contributed by atoms with E-state index >= 15 is 0 Å². The Hall–Kier alpha value is -2.97. The second-order valence-electron chi connectivity index (χ2n) is 8.09. The zero-order valence-corrected chi connectivity index (χ0v) is 19.3. The van der Waals surface area contributed by atoms with Crippen molar-refractivity contribution in [3.63, 3.8) is 0 Å². The lowest BCUT2D eigenvalue weighted by atomic mass is 10.1. The van der Waals surface area contributed by atoms with Crippen LogP contribution in [0.1, 0.15) is 44.9 Å². The summed E-state index contributed by atoms with van der Waals surface area (Å²) in [6, 6.07) is -3.98. The van der Waals surface area contributed by atoms with Gasteiger partial charge in [-0.25, -0.2) is 4.79 Å². The molecule has 3 amide bonds. The zero-order chi connectivity index (χ0) is 25.5. The number of hydrogen-bond acceptors (Lipinski definition) is 8. The normalized spacial score (nSPS) is 17.8. The average molecular weight is 487 g/mol. The van der Waals surface area contributed by atoms with E-state index in [0.29, 0.717) is 38.8 Å². The Balaban J connectivity index is 2.74. The van der Waals surface area contributed by atoms with E-state index in [2.05, 4.69) is 26.3 Å². The fourth-order valence-corrected chi connectivity index (χ4v) is 3.44. The Bertz CT molecular complexity index is 709. The molecule has 1 aliphatic rings. The van der Waals surface area contributed by atoms with Gasteiger partial charge in [-0.1, -0.05) is 0 Å². The van der Waals surface area contributed by atoms with Crippen LogP contribution in [0.2, 0.25) is 0 Å². The second-order valence-corrected chi connectivity index (χ2v) is 8.09. The largest absolute Gasteiger partial charge is 0.480 e. The molecule has 4 atom stereocenters. The molecule has 194 valence electrons. The molecule has 1 fully saturated rings. The highest BCUT2D eigenvalue weighted by molar-refractivity contribution is 5.94. The summed E-state index contributed by atoms with van der Waals surface area (Å²) in [6.45, 7) is 0.563. The third-order valence-corrected chi connectivity index (χ3v) is 5.33. The minimum atomic E-state index is -1.40. The van der Waals surface area contributed by atoms with E-state index in [1.807, 2.05) is 0 Å². The van der Waals surface area contributed by atoms with Crippen molar-refractivity contribution in [3.05, 3.63) is 0 Å². The molecule has 1 heterocycles. The molecule has 1 saturated heterocycles. The lowest BCUT2D eigenvalue weighted by molar-refractivity contribution is -0.142. The van der Waals surface area contributed by atoms with Crippen molar-refractivity contribution < 1.29 is 29.4 Å². The summed E-state index contributed by atoms with van der Waals surface area (Å²) < 4.78 is 0. The Morgan fingerprint density at radius 1 is 0.971 bits per heavy atom. The van der Waals surface area contributed by atoms with Crippen molar-refractivity contribution in [1.82, 2.24) is 21.3 Å². The number of rotatable bonds is 16. The molecule has 4 unspecified atom stereocenters. The van der Waals surface area contributed by atoms with Gasteiger partial charge in [-0.15, -0.1) is 0 Å². The summed E-state index contributed by atoms with van der Waals surface area (Å²) in [6.07, 6.45) is 3.34. The molecule has 1 rings (SSSR count). The number of aliphatic imine (C=N–C) groups is 1. The molecular formula is C20H38N8O6. The van der Waals surface area contributed by atoms with Crippen molar-refractivity contribution >= 4 is 29.7 Å². The van der Waals surface area contributed by atoms with Gasteiger partial charge in [-0.3, -0.25) is 19.4 Å². The van der Waals surface area contributed by atoms with Gasteiger partial charge in [-0.05, 0) is 58.0 Å². The Labute approximate surface area is 198 Å². The van der Waals surface area contributed by atoms with Crippen LogP contribution in [0.15, 0.2) is 4.99 Å². The monoisotopic (exact) mass is 486 g/mol. The van der Waals surface area contributed by atoms with Gasteiger partial charge in [0.2, 0.25) is 17.7 Å². The van der Waals surface area contributed by atoms with E-state index in [1.54, 1.807) is 0 Å². The van der Waals surface area contributed by atoms with Crippen LogP contribution in [0.25, 0.3) is 0 Å². The summed E-state index contributed by atoms with van der Waals surface area (Å²) in [7, 11) is 0. The van der Waals surface area contributed by atoms with Gasteiger partial charge in [0.25, 0.3) is 0 Å². The Morgan fingerprint density at radius 2 is 1.62 bits per heavy atom. The van der Waals surface area contributed by atoms with Crippen LogP contribution in [0, 0.1) is 0 Å². The van der Waals surface area contributed by atoms with E-state index < -0.39 is 48.6 Å². The quantitative estimate of drug-likeness (QED) is 0.0590. The van der Waals surface area contributed by atoms with Gasteiger partial charge in [0.15, 0.2) is 5.96 Å². The molecule has 0 spiro atoms. The maximum Gasteiger partial charge on any atom is 0.326 e. The minimum absolute atomic E-state index is 0.0378. The van der Waals surface area contributed by atoms with Crippen molar-refractivity contribution in [3.8, 4) is 0 Å². The number of carboxylic acids is 1. The summed E-state index contributed by atoms with van der Waals surface area (Å²) in [5.74, 6) is -3.25. The number of nitrogens with two attached hydrogens (primary N) is 3. The molecule has 1 aliphatic heterocycles. The molecule has 0 aromatic heterocycles. The van der Waals surface area contributed by atoms with Gasteiger partial charge in [0.05, 0.1) is 12.6 Å². The molecule has 0 bridgehead atoms. The van der Waals surface area contributed by atoms with E-state index in [1.165, 1.54) is 0 Å². The maximum absolute atomic E-state index is 12.8. The van der Waals surface area contributed by atoms with E-state index in [0.717, 1.165) is 6.42 Å². The van der Waals surface area contributed by atoms with Gasteiger partial charge in [0, 0.05) is 6.54 Å². The van der Waals surface area contributed by atoms with Crippen LogP contribution < -0.4 is 38.5 Å².